The van der Waals surface area contributed by atoms with Gasteiger partial charge in [0.25, 0.3) is 0 Å². The summed E-state index contributed by atoms with van der Waals surface area (Å²) in [5.41, 5.74) is 5.58. The molecule has 0 spiro atoms. The van der Waals surface area contributed by atoms with Gasteiger partial charge in [-0.05, 0) is 19.3 Å². The third-order valence-electron chi connectivity index (χ3n) is 2.46. The molecule has 0 aliphatic heterocycles. The summed E-state index contributed by atoms with van der Waals surface area (Å²) in [5, 5.41) is 2.82. The Morgan fingerprint density at radius 2 is 2.13 bits per heavy atom. The zero-order chi connectivity index (χ0) is 11.4. The molecule has 0 aromatic heterocycles. The Morgan fingerprint density at radius 3 is 2.60 bits per heavy atom. The zero-order valence-corrected chi connectivity index (χ0v) is 9.32. The second kappa shape index (κ2) is 5.11. The minimum atomic E-state index is -0.497. The molecule has 0 heterocycles. The maximum Gasteiger partial charge on any atom is 0.239 e. The van der Waals surface area contributed by atoms with E-state index in [4.69, 9.17) is 5.73 Å². The molecule has 3 N–H and O–H groups in total. The highest BCUT2D eigenvalue weighted by Gasteiger charge is 2.25. The maximum atomic E-state index is 11.5. The second-order valence-corrected chi connectivity index (χ2v) is 4.05. The standard InChI is InChI=1S/C10H19N3O2/c1-3-8(11)10(15)13(2)6-9(14)12-7-4-5-7/h7-8H,3-6,11H2,1-2H3,(H,12,14). The number of nitrogens with two attached hydrogens (primary N) is 1. The number of carbonyl (C=O) groups is 2. The summed E-state index contributed by atoms with van der Waals surface area (Å²) in [4.78, 5) is 24.3. The Hall–Kier alpha value is -1.10. The molecule has 1 saturated carbocycles. The lowest BCUT2D eigenvalue weighted by Crippen LogP contribution is -2.45. The lowest BCUT2D eigenvalue weighted by atomic mass is 10.2. The quantitative estimate of drug-likeness (QED) is 0.644. The first kappa shape index (κ1) is 12.0. The second-order valence-electron chi connectivity index (χ2n) is 4.05. The molecule has 86 valence electrons. The van der Waals surface area contributed by atoms with Crippen LogP contribution in [0.3, 0.4) is 0 Å². The molecule has 0 bridgehead atoms. The first-order valence-electron chi connectivity index (χ1n) is 5.34. The van der Waals surface area contributed by atoms with E-state index in [9.17, 15) is 9.59 Å². The predicted octanol–water partition coefficient (Wildman–Crippen LogP) is -0.539. The van der Waals surface area contributed by atoms with Gasteiger partial charge in [-0.15, -0.1) is 0 Å². The minimum Gasteiger partial charge on any atom is -0.352 e. The van der Waals surface area contributed by atoms with Gasteiger partial charge in [0, 0.05) is 13.1 Å². The first-order valence-corrected chi connectivity index (χ1v) is 5.34. The zero-order valence-electron chi connectivity index (χ0n) is 9.32. The van der Waals surface area contributed by atoms with Crippen molar-refractivity contribution in [3.05, 3.63) is 0 Å². The Morgan fingerprint density at radius 1 is 1.53 bits per heavy atom. The average molecular weight is 213 g/mol. The first-order chi connectivity index (χ1) is 7.04. The highest BCUT2D eigenvalue weighted by Crippen LogP contribution is 2.18. The summed E-state index contributed by atoms with van der Waals surface area (Å²) in [5.74, 6) is -0.278. The highest BCUT2D eigenvalue weighted by atomic mass is 16.2. The van der Waals surface area contributed by atoms with Crippen LogP contribution in [0.15, 0.2) is 0 Å². The normalized spacial score (nSPS) is 17.0. The smallest absolute Gasteiger partial charge is 0.239 e. The molecule has 0 saturated heterocycles. The van der Waals surface area contributed by atoms with Gasteiger partial charge >= 0.3 is 0 Å². The van der Waals surface area contributed by atoms with Crippen LogP contribution >= 0.6 is 0 Å². The van der Waals surface area contributed by atoms with Crippen LogP contribution in [0.2, 0.25) is 0 Å². The fraction of sp³-hybridized carbons (Fsp3) is 0.800. The van der Waals surface area contributed by atoms with Gasteiger partial charge in [0.1, 0.15) is 0 Å². The highest BCUT2D eigenvalue weighted by molar-refractivity contribution is 5.87. The number of carbonyl (C=O) groups excluding carboxylic acids is 2. The maximum absolute atomic E-state index is 11.5. The SMILES string of the molecule is CCC(N)C(=O)N(C)CC(=O)NC1CC1. The number of rotatable bonds is 5. The molecule has 1 atom stereocenters. The number of nitrogens with one attached hydrogen (secondary N) is 1. The van der Waals surface area contributed by atoms with Crippen LogP contribution in [0.25, 0.3) is 0 Å². The van der Waals surface area contributed by atoms with Crippen LogP contribution in [-0.4, -0.2) is 42.4 Å². The topological polar surface area (TPSA) is 75.4 Å². The van der Waals surface area contributed by atoms with Crippen LogP contribution < -0.4 is 11.1 Å². The number of amides is 2. The van der Waals surface area contributed by atoms with Crippen molar-refractivity contribution in [2.24, 2.45) is 5.73 Å². The van der Waals surface area contributed by atoms with Crippen molar-refractivity contribution in [3.63, 3.8) is 0 Å². The number of nitrogens with zero attached hydrogens (tertiary/aromatic N) is 1. The molecule has 0 aromatic rings. The molecule has 0 aromatic carbocycles. The van der Waals surface area contributed by atoms with E-state index >= 15 is 0 Å². The van der Waals surface area contributed by atoms with Crippen molar-refractivity contribution >= 4 is 11.8 Å². The van der Waals surface area contributed by atoms with Crippen LogP contribution in [0.5, 0.6) is 0 Å². The van der Waals surface area contributed by atoms with Crippen LogP contribution in [0, 0.1) is 0 Å². The van der Waals surface area contributed by atoms with Crippen molar-refractivity contribution < 1.29 is 9.59 Å². The molecule has 15 heavy (non-hydrogen) atoms. The Kier molecular flexibility index (Phi) is 4.08. The summed E-state index contributed by atoms with van der Waals surface area (Å²) in [7, 11) is 1.60. The van der Waals surface area contributed by atoms with Gasteiger partial charge in [0.15, 0.2) is 0 Å². The molecule has 1 fully saturated rings. The van der Waals surface area contributed by atoms with E-state index < -0.39 is 6.04 Å². The summed E-state index contributed by atoms with van der Waals surface area (Å²) in [6.07, 6.45) is 2.70. The van der Waals surface area contributed by atoms with E-state index in [2.05, 4.69) is 5.32 Å². The third-order valence-corrected chi connectivity index (χ3v) is 2.46. The predicted molar refractivity (Wildman–Crippen MR) is 57.1 cm³/mol. The van der Waals surface area contributed by atoms with E-state index in [1.54, 1.807) is 7.05 Å². The van der Waals surface area contributed by atoms with Gasteiger partial charge in [-0.2, -0.15) is 0 Å². The van der Waals surface area contributed by atoms with Gasteiger partial charge in [-0.3, -0.25) is 9.59 Å². The molecule has 0 radical (unpaired) electrons. The number of hydrogen-bond donors (Lipinski definition) is 2. The van der Waals surface area contributed by atoms with E-state index in [-0.39, 0.29) is 18.4 Å². The summed E-state index contributed by atoms with van der Waals surface area (Å²) < 4.78 is 0. The van der Waals surface area contributed by atoms with Crippen LogP contribution in [0.1, 0.15) is 26.2 Å². The fourth-order valence-corrected chi connectivity index (χ4v) is 1.25. The van der Waals surface area contributed by atoms with Crippen molar-refractivity contribution in [3.8, 4) is 0 Å². The number of hydrogen-bond acceptors (Lipinski definition) is 3. The van der Waals surface area contributed by atoms with E-state index in [1.807, 2.05) is 6.92 Å². The Bertz CT molecular complexity index is 251. The molecule has 2 amide bonds. The largest absolute Gasteiger partial charge is 0.352 e. The lowest BCUT2D eigenvalue weighted by molar-refractivity contribution is -0.135. The number of likely N-dealkylation sites (N-methyl/N-ethyl adjacent to an activating group) is 1. The van der Waals surface area contributed by atoms with Crippen molar-refractivity contribution in [2.75, 3.05) is 13.6 Å². The molecular weight excluding hydrogens is 194 g/mol. The molecule has 1 aliphatic carbocycles. The fourth-order valence-electron chi connectivity index (χ4n) is 1.25. The molecular formula is C10H19N3O2. The lowest BCUT2D eigenvalue weighted by Gasteiger charge is -2.19. The molecule has 1 rings (SSSR count). The minimum absolute atomic E-state index is 0.100. The van der Waals surface area contributed by atoms with Crippen LogP contribution in [0.4, 0.5) is 0 Å². The molecule has 1 aliphatic rings. The van der Waals surface area contributed by atoms with Crippen LogP contribution in [-0.2, 0) is 9.59 Å². The van der Waals surface area contributed by atoms with Gasteiger partial charge in [0.05, 0.1) is 12.6 Å². The van der Waals surface area contributed by atoms with Crippen molar-refractivity contribution in [1.82, 2.24) is 10.2 Å². The Labute approximate surface area is 90.0 Å². The summed E-state index contributed by atoms with van der Waals surface area (Å²) >= 11 is 0. The molecule has 5 nitrogen and oxygen atoms in total. The van der Waals surface area contributed by atoms with Crippen molar-refractivity contribution in [1.29, 1.82) is 0 Å². The molecule has 5 heteroatoms. The van der Waals surface area contributed by atoms with Gasteiger partial charge in [-0.25, -0.2) is 0 Å². The monoisotopic (exact) mass is 213 g/mol. The summed E-state index contributed by atoms with van der Waals surface area (Å²) in [6.45, 7) is 1.95. The third kappa shape index (κ3) is 3.87. The van der Waals surface area contributed by atoms with E-state index in [0.717, 1.165) is 12.8 Å². The van der Waals surface area contributed by atoms with Gasteiger partial charge in [-0.1, -0.05) is 6.92 Å². The summed E-state index contributed by atoms with van der Waals surface area (Å²) in [6, 6.07) is -0.162. The van der Waals surface area contributed by atoms with E-state index in [0.29, 0.717) is 12.5 Å². The molecule has 1 unspecified atom stereocenters. The van der Waals surface area contributed by atoms with Gasteiger partial charge < -0.3 is 16.0 Å². The average Bonchev–Trinajstić information content (AvgIpc) is 2.98. The van der Waals surface area contributed by atoms with Crippen molar-refractivity contribution in [2.45, 2.75) is 38.3 Å². The van der Waals surface area contributed by atoms with E-state index in [1.165, 1.54) is 4.90 Å². The van der Waals surface area contributed by atoms with Gasteiger partial charge in [0.2, 0.25) is 11.8 Å². The Balaban J connectivity index is 2.29.